The molecule has 0 saturated carbocycles. The van der Waals surface area contributed by atoms with Crippen LogP contribution in [0.1, 0.15) is 25.6 Å². The van der Waals surface area contributed by atoms with Crippen LogP contribution in [0.15, 0.2) is 24.4 Å². The normalized spacial score (nSPS) is 18.6. The predicted octanol–water partition coefficient (Wildman–Crippen LogP) is 2.39. The molecule has 9 heteroatoms. The molecule has 3 rings (SSSR count). The van der Waals surface area contributed by atoms with Gasteiger partial charge in [0.15, 0.2) is 11.6 Å². The largest absolute Gasteiger partial charge is 0.494 e. The second-order valence-corrected chi connectivity index (χ2v) is 6.03. The van der Waals surface area contributed by atoms with Crippen LogP contribution >= 0.6 is 0 Å². The van der Waals surface area contributed by atoms with Crippen molar-refractivity contribution >= 4 is 11.7 Å². The summed E-state index contributed by atoms with van der Waals surface area (Å²) in [6, 6.07) is 3.79. The first kappa shape index (κ1) is 20.8. The molecule has 1 amide bonds. The average molecular weight is 383 g/mol. The number of hydrogen-bond donors (Lipinski definition) is 2. The maximum atomic E-state index is 12.5. The third kappa shape index (κ3) is 5.24. The van der Waals surface area contributed by atoms with Crippen LogP contribution in [0.2, 0.25) is 0 Å². The monoisotopic (exact) mass is 383 g/mol. The molecule has 1 saturated heterocycles. The summed E-state index contributed by atoms with van der Waals surface area (Å²) in [6.45, 7) is 1.81. The van der Waals surface area contributed by atoms with Crippen LogP contribution in [-0.2, 0) is 23.2 Å². The molecule has 2 heterocycles. The van der Waals surface area contributed by atoms with Crippen molar-refractivity contribution in [2.75, 3.05) is 12.4 Å². The Bertz CT molecular complexity index is 782. The topological polar surface area (TPSA) is 85.6 Å². The highest BCUT2D eigenvalue weighted by molar-refractivity contribution is 5.93. The lowest BCUT2D eigenvalue weighted by Crippen LogP contribution is -2.28. The van der Waals surface area contributed by atoms with E-state index in [-0.39, 0.29) is 30.5 Å². The van der Waals surface area contributed by atoms with Gasteiger partial charge in [-0.15, -0.1) is 0 Å². The molecule has 0 radical (unpaired) electrons. The van der Waals surface area contributed by atoms with Gasteiger partial charge >= 0.3 is 0 Å². The molecular weight excluding hydrogens is 360 g/mol. The molecule has 0 spiro atoms. The summed E-state index contributed by atoms with van der Waals surface area (Å²) in [5.74, 6) is -0.964. The Balaban J connectivity index is 0.000000223. The van der Waals surface area contributed by atoms with Crippen molar-refractivity contribution < 1.29 is 28.2 Å². The van der Waals surface area contributed by atoms with Crippen LogP contribution in [0, 0.1) is 11.6 Å². The lowest BCUT2D eigenvalue weighted by atomic mass is 10.2. The molecule has 1 aromatic carbocycles. The fraction of sp³-hybridized carbons (Fsp3) is 0.444. The second kappa shape index (κ2) is 9.43. The van der Waals surface area contributed by atoms with Gasteiger partial charge in [0.2, 0.25) is 5.82 Å². The summed E-state index contributed by atoms with van der Waals surface area (Å²) in [6.07, 6.45) is 2.95. The van der Waals surface area contributed by atoms with E-state index >= 15 is 0 Å². The fourth-order valence-electron chi connectivity index (χ4n) is 2.55. The number of methoxy groups -OCH3 is 1. The molecule has 148 valence electrons. The number of amides is 1. The van der Waals surface area contributed by atoms with Gasteiger partial charge in [0.05, 0.1) is 19.4 Å². The van der Waals surface area contributed by atoms with Gasteiger partial charge in [-0.25, -0.2) is 9.37 Å². The Labute approximate surface area is 155 Å². The number of rotatable bonds is 4. The number of halogens is 2. The fourth-order valence-corrected chi connectivity index (χ4v) is 2.55. The van der Waals surface area contributed by atoms with E-state index < -0.39 is 11.6 Å². The lowest BCUT2D eigenvalue weighted by molar-refractivity contribution is -0.126. The third-order valence-corrected chi connectivity index (χ3v) is 4.14. The quantitative estimate of drug-likeness (QED) is 0.847. The smallest absolute Gasteiger partial charge is 0.254 e. The van der Waals surface area contributed by atoms with Crippen molar-refractivity contribution in [3.05, 3.63) is 41.9 Å². The van der Waals surface area contributed by atoms with Gasteiger partial charge in [-0.1, -0.05) is 6.07 Å². The van der Waals surface area contributed by atoms with Gasteiger partial charge in [-0.2, -0.15) is 4.39 Å². The van der Waals surface area contributed by atoms with Gasteiger partial charge in [0.1, 0.15) is 24.4 Å². The first-order chi connectivity index (χ1) is 12.9. The molecule has 7 nitrogen and oxygen atoms in total. The highest BCUT2D eigenvalue weighted by Gasteiger charge is 2.28. The highest BCUT2D eigenvalue weighted by atomic mass is 19.2. The zero-order chi connectivity index (χ0) is 20.0. The summed E-state index contributed by atoms with van der Waals surface area (Å²) >= 11 is 0. The minimum atomic E-state index is -0.940. The van der Waals surface area contributed by atoms with Gasteiger partial charge in [-0.05, 0) is 31.9 Å². The van der Waals surface area contributed by atoms with Crippen LogP contribution in [0.4, 0.5) is 14.6 Å². The summed E-state index contributed by atoms with van der Waals surface area (Å²) in [4.78, 5) is 15.9. The van der Waals surface area contributed by atoms with Crippen LogP contribution in [-0.4, -0.2) is 39.9 Å². The van der Waals surface area contributed by atoms with Crippen LogP contribution in [0.3, 0.4) is 0 Å². The predicted molar refractivity (Wildman–Crippen MR) is 94.2 cm³/mol. The van der Waals surface area contributed by atoms with Gasteiger partial charge in [0.25, 0.3) is 5.91 Å². The molecule has 2 atom stereocenters. The van der Waals surface area contributed by atoms with Crippen molar-refractivity contribution in [3.8, 4) is 5.75 Å². The van der Waals surface area contributed by atoms with Crippen LogP contribution in [0.5, 0.6) is 5.75 Å². The molecule has 1 aliphatic heterocycles. The van der Waals surface area contributed by atoms with Crippen molar-refractivity contribution in [1.82, 2.24) is 9.55 Å². The van der Waals surface area contributed by atoms with Crippen molar-refractivity contribution in [3.63, 3.8) is 0 Å². The number of aromatic nitrogens is 2. The first-order valence-electron chi connectivity index (χ1n) is 8.43. The van der Waals surface area contributed by atoms with Gasteiger partial charge < -0.3 is 24.5 Å². The molecule has 0 bridgehead atoms. The number of carbonyl (C=O) groups excluding carboxylic acids is 1. The van der Waals surface area contributed by atoms with Gasteiger partial charge in [-0.3, -0.25) is 4.79 Å². The SMILES string of the molecule is CC1CCC(C(=O)Nc2cnc(CO)n2C)O1.COc1cccc(F)c1F. The van der Waals surface area contributed by atoms with Crippen molar-refractivity contribution in [1.29, 1.82) is 0 Å². The van der Waals surface area contributed by atoms with E-state index in [9.17, 15) is 13.6 Å². The number of nitrogens with zero attached hydrogens (tertiary/aromatic N) is 2. The number of aliphatic hydroxyl groups excluding tert-OH is 1. The van der Waals surface area contributed by atoms with Gasteiger partial charge in [0, 0.05) is 7.05 Å². The number of anilines is 1. The zero-order valence-electron chi connectivity index (χ0n) is 15.4. The van der Waals surface area contributed by atoms with E-state index in [2.05, 4.69) is 15.0 Å². The summed E-state index contributed by atoms with van der Waals surface area (Å²) in [5, 5.41) is 11.7. The zero-order valence-corrected chi connectivity index (χ0v) is 15.4. The molecule has 2 unspecified atom stereocenters. The third-order valence-electron chi connectivity index (χ3n) is 4.14. The minimum Gasteiger partial charge on any atom is -0.494 e. The molecular formula is C18H23F2N3O4. The minimum absolute atomic E-state index is 0.0694. The summed E-state index contributed by atoms with van der Waals surface area (Å²) in [5.41, 5.74) is 0. The summed E-state index contributed by atoms with van der Waals surface area (Å²) < 4.78 is 36.5. The molecule has 1 aliphatic rings. The van der Waals surface area contributed by atoms with E-state index in [1.54, 1.807) is 11.6 Å². The molecule has 2 N–H and O–H groups in total. The Morgan fingerprint density at radius 2 is 2.19 bits per heavy atom. The lowest BCUT2D eigenvalue weighted by Gasteiger charge is -2.12. The highest BCUT2D eigenvalue weighted by Crippen LogP contribution is 2.21. The van der Waals surface area contributed by atoms with Crippen molar-refractivity contribution in [2.24, 2.45) is 7.05 Å². The van der Waals surface area contributed by atoms with E-state index in [0.29, 0.717) is 11.6 Å². The Morgan fingerprint density at radius 1 is 1.44 bits per heavy atom. The second-order valence-electron chi connectivity index (χ2n) is 6.03. The maximum Gasteiger partial charge on any atom is 0.254 e. The Kier molecular flexibility index (Phi) is 7.26. The molecule has 1 fully saturated rings. The number of nitrogens with one attached hydrogen (secondary N) is 1. The number of aliphatic hydroxyl groups is 1. The summed E-state index contributed by atoms with van der Waals surface area (Å²) in [7, 11) is 3.03. The first-order valence-corrected chi connectivity index (χ1v) is 8.43. The number of imidazole rings is 1. The number of ether oxygens (including phenoxy) is 2. The standard InChI is InChI=1S/C11H17N3O3.C7H6F2O/c1-7-3-4-8(17-7)11(16)13-9-5-12-10(6-15)14(9)2;1-10-6-4-2-3-5(8)7(6)9/h5,7-8,15H,3-4,6H2,1-2H3,(H,13,16);2-4H,1H3. The van der Waals surface area contributed by atoms with E-state index in [0.717, 1.165) is 18.9 Å². The van der Waals surface area contributed by atoms with Crippen LogP contribution < -0.4 is 10.1 Å². The Morgan fingerprint density at radius 3 is 2.70 bits per heavy atom. The van der Waals surface area contributed by atoms with Crippen LogP contribution in [0.25, 0.3) is 0 Å². The number of hydrogen-bond acceptors (Lipinski definition) is 5. The molecule has 27 heavy (non-hydrogen) atoms. The van der Waals surface area contributed by atoms with E-state index in [1.165, 1.54) is 25.4 Å². The maximum absolute atomic E-state index is 12.5. The molecule has 1 aromatic heterocycles. The number of benzene rings is 1. The van der Waals surface area contributed by atoms with E-state index in [1.807, 2.05) is 6.92 Å². The molecule has 0 aliphatic carbocycles. The van der Waals surface area contributed by atoms with Crippen molar-refractivity contribution in [2.45, 2.75) is 38.6 Å². The average Bonchev–Trinajstić information content (AvgIpc) is 3.24. The Hall–Kier alpha value is -2.52. The number of carbonyl (C=O) groups is 1. The molecule has 2 aromatic rings. The van der Waals surface area contributed by atoms with E-state index in [4.69, 9.17) is 9.84 Å².